The fourth-order valence-corrected chi connectivity index (χ4v) is 3.58. The number of oxazole rings is 1. The number of likely N-dealkylation sites (N-methyl/N-ethyl adjacent to an activating group) is 1. The second-order valence-electron chi connectivity index (χ2n) is 6.94. The molecular weight excluding hydrogens is 318 g/mol. The van der Waals surface area contributed by atoms with E-state index in [0.717, 1.165) is 49.3 Å². The highest BCUT2D eigenvalue weighted by Crippen LogP contribution is 2.31. The molecule has 0 N–H and O–H groups in total. The third kappa shape index (κ3) is 3.80. The van der Waals surface area contributed by atoms with Gasteiger partial charge in [0.2, 0.25) is 5.89 Å². The molecule has 25 heavy (non-hydrogen) atoms. The van der Waals surface area contributed by atoms with Crippen molar-refractivity contribution in [2.45, 2.75) is 32.5 Å². The van der Waals surface area contributed by atoms with Gasteiger partial charge in [-0.05, 0) is 38.1 Å². The van der Waals surface area contributed by atoms with Crippen LogP contribution >= 0.6 is 0 Å². The van der Waals surface area contributed by atoms with Crippen LogP contribution in [0.2, 0.25) is 0 Å². The van der Waals surface area contributed by atoms with E-state index in [1.807, 2.05) is 13.0 Å². The van der Waals surface area contributed by atoms with E-state index in [9.17, 15) is 0 Å². The lowest BCUT2D eigenvalue weighted by atomic mass is 10.2. The van der Waals surface area contributed by atoms with Crippen LogP contribution in [-0.2, 0) is 13.1 Å². The fraction of sp³-hybridized carbons (Fsp3) is 0.526. The molecule has 0 saturated carbocycles. The number of fused-ring (bicyclic) bond motifs is 1. The van der Waals surface area contributed by atoms with Crippen LogP contribution in [0.4, 0.5) is 0 Å². The molecule has 134 valence electrons. The monoisotopic (exact) mass is 343 g/mol. The molecular formula is C19H25N3O3. The second-order valence-corrected chi connectivity index (χ2v) is 6.94. The van der Waals surface area contributed by atoms with Crippen molar-refractivity contribution in [3.05, 3.63) is 41.6 Å². The number of nitrogens with zero attached hydrogens (tertiary/aromatic N) is 3. The first-order chi connectivity index (χ1) is 12.2. The third-order valence-corrected chi connectivity index (χ3v) is 4.94. The average Bonchev–Trinajstić information content (AvgIpc) is 3.24. The molecule has 0 radical (unpaired) electrons. The van der Waals surface area contributed by atoms with Crippen LogP contribution in [0.1, 0.15) is 23.6 Å². The van der Waals surface area contributed by atoms with Crippen LogP contribution in [0.25, 0.3) is 0 Å². The molecule has 0 bridgehead atoms. The first kappa shape index (κ1) is 16.4. The molecule has 1 saturated heterocycles. The number of hydrogen-bond donors (Lipinski definition) is 0. The first-order valence-electron chi connectivity index (χ1n) is 8.90. The number of aromatic nitrogens is 1. The fourth-order valence-electron chi connectivity index (χ4n) is 3.58. The topological polar surface area (TPSA) is 51.0 Å². The van der Waals surface area contributed by atoms with Gasteiger partial charge in [-0.2, -0.15) is 0 Å². The molecule has 0 amide bonds. The minimum absolute atomic E-state index is 0.532. The summed E-state index contributed by atoms with van der Waals surface area (Å²) in [7, 11) is 2.15. The average molecular weight is 343 g/mol. The van der Waals surface area contributed by atoms with Gasteiger partial charge in [0.1, 0.15) is 19.0 Å². The van der Waals surface area contributed by atoms with E-state index >= 15 is 0 Å². The molecule has 1 fully saturated rings. The van der Waals surface area contributed by atoms with Crippen molar-refractivity contribution < 1.29 is 13.9 Å². The number of ether oxygens (including phenoxy) is 2. The van der Waals surface area contributed by atoms with Crippen molar-refractivity contribution in [3.63, 3.8) is 0 Å². The van der Waals surface area contributed by atoms with Gasteiger partial charge in [-0.15, -0.1) is 0 Å². The number of hydrogen-bond acceptors (Lipinski definition) is 6. The summed E-state index contributed by atoms with van der Waals surface area (Å²) in [6.07, 6.45) is 2.95. The Morgan fingerprint density at radius 1 is 1.24 bits per heavy atom. The molecule has 2 aromatic rings. The summed E-state index contributed by atoms with van der Waals surface area (Å²) in [4.78, 5) is 9.14. The van der Waals surface area contributed by atoms with Crippen LogP contribution in [0.15, 0.2) is 28.8 Å². The van der Waals surface area contributed by atoms with Crippen molar-refractivity contribution in [2.24, 2.45) is 0 Å². The smallest absolute Gasteiger partial charge is 0.208 e. The Morgan fingerprint density at radius 3 is 2.88 bits per heavy atom. The van der Waals surface area contributed by atoms with Gasteiger partial charge in [0.15, 0.2) is 11.5 Å². The van der Waals surface area contributed by atoms with Gasteiger partial charge in [-0.1, -0.05) is 6.07 Å². The maximum absolute atomic E-state index is 5.69. The second kappa shape index (κ2) is 7.06. The highest BCUT2D eigenvalue weighted by atomic mass is 16.6. The van der Waals surface area contributed by atoms with Gasteiger partial charge in [0.25, 0.3) is 0 Å². The van der Waals surface area contributed by atoms with Gasteiger partial charge in [0, 0.05) is 25.7 Å². The largest absolute Gasteiger partial charge is 0.486 e. The molecule has 0 aliphatic carbocycles. The van der Waals surface area contributed by atoms with E-state index in [-0.39, 0.29) is 0 Å². The molecule has 0 spiro atoms. The highest BCUT2D eigenvalue weighted by Gasteiger charge is 2.26. The number of likely N-dealkylation sites (tertiary alicyclic amines) is 1. The summed E-state index contributed by atoms with van der Waals surface area (Å²) in [5.74, 6) is 3.39. The van der Waals surface area contributed by atoms with Crippen LogP contribution in [0.5, 0.6) is 11.5 Å². The summed E-state index contributed by atoms with van der Waals surface area (Å²) in [5, 5.41) is 0. The summed E-state index contributed by atoms with van der Waals surface area (Å²) in [5.41, 5.74) is 1.27. The Labute approximate surface area is 148 Å². The predicted molar refractivity (Wildman–Crippen MR) is 93.8 cm³/mol. The van der Waals surface area contributed by atoms with Crippen molar-refractivity contribution >= 4 is 0 Å². The normalized spacial score (nSPS) is 20.4. The van der Waals surface area contributed by atoms with Crippen molar-refractivity contribution in [1.29, 1.82) is 0 Å². The molecule has 2 aliphatic heterocycles. The third-order valence-electron chi connectivity index (χ3n) is 4.94. The van der Waals surface area contributed by atoms with Crippen LogP contribution < -0.4 is 9.47 Å². The molecule has 2 aliphatic rings. The summed E-state index contributed by atoms with van der Waals surface area (Å²) >= 11 is 0. The Morgan fingerprint density at radius 2 is 2.08 bits per heavy atom. The molecule has 6 heteroatoms. The minimum Gasteiger partial charge on any atom is -0.486 e. The van der Waals surface area contributed by atoms with E-state index in [2.05, 4.69) is 34.0 Å². The zero-order chi connectivity index (χ0) is 17.2. The maximum Gasteiger partial charge on any atom is 0.208 e. The van der Waals surface area contributed by atoms with E-state index < -0.39 is 0 Å². The van der Waals surface area contributed by atoms with Gasteiger partial charge in [-0.3, -0.25) is 9.80 Å². The lowest BCUT2D eigenvalue weighted by Crippen LogP contribution is -2.34. The number of aryl methyl sites for hydroxylation is 1. The number of benzene rings is 1. The lowest BCUT2D eigenvalue weighted by Gasteiger charge is -2.24. The Kier molecular flexibility index (Phi) is 4.63. The standard InChI is InChI=1S/C19H25N3O3/c1-14-10-20-19(25-14)13-21(2)16-5-6-22(12-16)11-15-3-4-17-18(9-15)24-8-7-23-17/h3-4,9-10,16H,5-8,11-13H2,1-2H3/t16-/m0/s1. The van der Waals surface area contributed by atoms with Gasteiger partial charge in [-0.25, -0.2) is 4.98 Å². The van der Waals surface area contributed by atoms with Crippen LogP contribution in [0.3, 0.4) is 0 Å². The zero-order valence-corrected chi connectivity index (χ0v) is 14.9. The van der Waals surface area contributed by atoms with Gasteiger partial charge >= 0.3 is 0 Å². The molecule has 6 nitrogen and oxygen atoms in total. The Hall–Kier alpha value is -2.05. The molecule has 3 heterocycles. The molecule has 0 unspecified atom stereocenters. The van der Waals surface area contributed by atoms with Gasteiger partial charge < -0.3 is 13.9 Å². The summed E-state index contributed by atoms with van der Waals surface area (Å²) < 4.78 is 16.9. The van der Waals surface area contributed by atoms with Gasteiger partial charge in [0.05, 0.1) is 12.7 Å². The Balaban J connectivity index is 1.33. The predicted octanol–water partition coefficient (Wildman–Crippen LogP) is 2.46. The molecule has 1 atom stereocenters. The van der Waals surface area contributed by atoms with E-state index in [1.54, 1.807) is 6.20 Å². The summed E-state index contributed by atoms with van der Waals surface area (Å²) in [6.45, 7) is 7.07. The molecule has 1 aromatic carbocycles. The van der Waals surface area contributed by atoms with Crippen LogP contribution in [0, 0.1) is 6.92 Å². The minimum atomic E-state index is 0.532. The zero-order valence-electron chi connectivity index (χ0n) is 14.9. The Bertz CT molecular complexity index is 730. The SMILES string of the molecule is Cc1cnc(CN(C)[C@H]2CCN(Cc3ccc4c(c3)OCCO4)C2)o1. The van der Waals surface area contributed by atoms with Crippen molar-refractivity contribution in [1.82, 2.24) is 14.8 Å². The maximum atomic E-state index is 5.69. The van der Waals surface area contributed by atoms with Crippen molar-refractivity contribution in [3.8, 4) is 11.5 Å². The quantitative estimate of drug-likeness (QED) is 0.831. The lowest BCUT2D eigenvalue weighted by molar-refractivity contribution is 0.171. The van der Waals surface area contributed by atoms with E-state index in [0.29, 0.717) is 19.3 Å². The van der Waals surface area contributed by atoms with E-state index in [1.165, 1.54) is 12.0 Å². The molecule has 4 rings (SSSR count). The number of rotatable bonds is 5. The summed E-state index contributed by atoms with van der Waals surface area (Å²) in [6, 6.07) is 6.81. The van der Waals surface area contributed by atoms with E-state index in [4.69, 9.17) is 13.9 Å². The van der Waals surface area contributed by atoms with Crippen LogP contribution in [-0.4, -0.2) is 54.2 Å². The van der Waals surface area contributed by atoms with Crippen molar-refractivity contribution in [2.75, 3.05) is 33.4 Å². The molecule has 1 aromatic heterocycles. The first-order valence-corrected chi connectivity index (χ1v) is 8.90. The highest BCUT2D eigenvalue weighted by molar-refractivity contribution is 5.43.